The molecule has 0 aliphatic heterocycles. The van der Waals surface area contributed by atoms with Gasteiger partial charge in [0.25, 0.3) is 0 Å². The quantitative estimate of drug-likeness (QED) is 0.480. The average molecular weight is 362 g/mol. The molecule has 8 nitrogen and oxygen atoms in total. The van der Waals surface area contributed by atoms with Gasteiger partial charge in [-0.3, -0.25) is 19.7 Å². The molecule has 140 valence electrons. The maximum atomic E-state index is 12.0. The summed E-state index contributed by atoms with van der Waals surface area (Å²) in [4.78, 5) is 37.4. The molecular formula is C18H22N2O6. The van der Waals surface area contributed by atoms with Crippen LogP contribution in [0.3, 0.4) is 0 Å². The number of nitrogens with zero attached hydrogens (tertiary/aromatic N) is 1. The number of aromatic amines is 1. The minimum Gasteiger partial charge on any atom is -0.468 e. The number of aromatic nitrogens is 1. The van der Waals surface area contributed by atoms with E-state index in [4.69, 9.17) is 9.47 Å². The van der Waals surface area contributed by atoms with Crippen molar-refractivity contribution in [3.05, 3.63) is 45.6 Å². The van der Waals surface area contributed by atoms with E-state index in [1.807, 2.05) is 0 Å². The molecule has 2 aromatic rings. The van der Waals surface area contributed by atoms with Crippen LogP contribution in [0.4, 0.5) is 0 Å². The third-order valence-corrected chi connectivity index (χ3v) is 3.74. The van der Waals surface area contributed by atoms with Gasteiger partial charge in [0, 0.05) is 22.0 Å². The van der Waals surface area contributed by atoms with E-state index in [0.717, 1.165) is 0 Å². The number of methoxy groups -OCH3 is 1. The Bertz CT molecular complexity index is 834. The molecule has 0 aliphatic rings. The highest BCUT2D eigenvalue weighted by Gasteiger charge is 2.29. The van der Waals surface area contributed by atoms with Crippen LogP contribution in [0, 0.1) is 10.1 Å². The lowest BCUT2D eigenvalue weighted by Gasteiger charge is -2.19. The highest BCUT2D eigenvalue weighted by molar-refractivity contribution is 5.91. The van der Waals surface area contributed by atoms with Crippen LogP contribution in [0.1, 0.15) is 37.8 Å². The Morgan fingerprint density at radius 3 is 2.58 bits per heavy atom. The summed E-state index contributed by atoms with van der Waals surface area (Å²) in [6, 6.07) is 5.27. The van der Waals surface area contributed by atoms with Gasteiger partial charge in [0.1, 0.15) is 11.5 Å². The molecule has 0 saturated carbocycles. The van der Waals surface area contributed by atoms with Gasteiger partial charge in [-0.05, 0) is 44.0 Å². The van der Waals surface area contributed by atoms with Crippen molar-refractivity contribution in [3.8, 4) is 0 Å². The summed E-state index contributed by atoms with van der Waals surface area (Å²) in [5, 5.41) is 11.6. The predicted molar refractivity (Wildman–Crippen MR) is 94.5 cm³/mol. The van der Waals surface area contributed by atoms with Crippen LogP contribution in [0.25, 0.3) is 10.9 Å². The van der Waals surface area contributed by atoms with Crippen LogP contribution in [0.15, 0.2) is 24.4 Å². The molecule has 1 aromatic heterocycles. The van der Waals surface area contributed by atoms with Crippen LogP contribution in [0.5, 0.6) is 0 Å². The van der Waals surface area contributed by atoms with Crippen LogP contribution in [-0.2, 0) is 25.5 Å². The first kappa shape index (κ1) is 19.4. The second kappa shape index (κ2) is 7.55. The molecule has 2 rings (SSSR count). The molecule has 1 atom stereocenters. The molecule has 8 heteroatoms. The lowest BCUT2D eigenvalue weighted by Crippen LogP contribution is -2.24. The van der Waals surface area contributed by atoms with E-state index in [-0.39, 0.29) is 12.4 Å². The predicted octanol–water partition coefficient (Wildman–Crippen LogP) is 2.59. The van der Waals surface area contributed by atoms with Gasteiger partial charge in [0.15, 0.2) is 0 Å². The van der Waals surface area contributed by atoms with Crippen LogP contribution < -0.4 is 0 Å². The molecule has 26 heavy (non-hydrogen) atoms. The molecule has 0 bridgehead atoms. The summed E-state index contributed by atoms with van der Waals surface area (Å²) in [5.41, 5.74) is 1.29. The molecule has 0 aliphatic carbocycles. The summed E-state index contributed by atoms with van der Waals surface area (Å²) in [7, 11) is 1.19. The number of esters is 2. The maximum absolute atomic E-state index is 12.0. The van der Waals surface area contributed by atoms with Gasteiger partial charge >= 0.3 is 11.9 Å². The van der Waals surface area contributed by atoms with Gasteiger partial charge in [0.05, 0.1) is 13.5 Å². The van der Waals surface area contributed by atoms with Gasteiger partial charge < -0.3 is 14.5 Å². The third kappa shape index (κ3) is 4.81. The van der Waals surface area contributed by atoms with Crippen molar-refractivity contribution < 1.29 is 24.0 Å². The molecule has 1 N–H and O–H groups in total. The van der Waals surface area contributed by atoms with E-state index in [9.17, 15) is 19.7 Å². The number of H-pyrrole nitrogens is 1. The molecule has 1 aromatic carbocycles. The number of ether oxygens (including phenoxy) is 2. The Morgan fingerprint density at radius 2 is 2.00 bits per heavy atom. The highest BCUT2D eigenvalue weighted by Crippen LogP contribution is 2.28. The second-order valence-electron chi connectivity index (χ2n) is 6.98. The van der Waals surface area contributed by atoms with Gasteiger partial charge in [-0.2, -0.15) is 0 Å². The number of hydrogen-bond acceptors (Lipinski definition) is 6. The fourth-order valence-electron chi connectivity index (χ4n) is 2.72. The SMILES string of the molecule is COC(=O)C(C[N+](=O)[O-])c1c[nH]c2ccc(CC(=O)OC(C)(C)C)cc12. The Hall–Kier alpha value is -2.90. The minimum absolute atomic E-state index is 0.0654. The number of carbonyl (C=O) groups excluding carboxylic acids is 2. The Labute approximate surface area is 150 Å². The fraction of sp³-hybridized carbons (Fsp3) is 0.444. The monoisotopic (exact) mass is 362 g/mol. The molecule has 0 spiro atoms. The van der Waals surface area contributed by atoms with Crippen LogP contribution >= 0.6 is 0 Å². The lowest BCUT2D eigenvalue weighted by atomic mass is 9.97. The van der Waals surface area contributed by atoms with E-state index in [1.165, 1.54) is 7.11 Å². The largest absolute Gasteiger partial charge is 0.468 e. The molecule has 1 heterocycles. The first-order valence-electron chi connectivity index (χ1n) is 8.12. The molecule has 1 unspecified atom stereocenters. The smallest absolute Gasteiger partial charge is 0.319 e. The molecule has 0 fully saturated rings. The standard InChI is InChI=1S/C18H22N2O6/c1-18(2,3)26-16(21)8-11-5-6-15-12(7-11)13(9-19-15)14(10-20(23)24)17(22)25-4/h5-7,9,14,19H,8,10H2,1-4H3. The Morgan fingerprint density at radius 1 is 1.31 bits per heavy atom. The highest BCUT2D eigenvalue weighted by atomic mass is 16.6. The molecular weight excluding hydrogens is 340 g/mol. The van der Waals surface area contributed by atoms with Gasteiger partial charge in [0.2, 0.25) is 6.54 Å². The molecule has 0 radical (unpaired) electrons. The van der Waals surface area contributed by atoms with Crippen molar-refractivity contribution in [3.63, 3.8) is 0 Å². The average Bonchev–Trinajstić information content (AvgIpc) is 2.92. The zero-order valence-electron chi connectivity index (χ0n) is 15.2. The number of fused-ring (bicyclic) bond motifs is 1. The van der Waals surface area contributed by atoms with Crippen molar-refractivity contribution >= 4 is 22.8 Å². The summed E-state index contributed by atoms with van der Waals surface area (Å²) in [6.45, 7) is 4.79. The number of carbonyl (C=O) groups is 2. The minimum atomic E-state index is -1.03. The van der Waals surface area contributed by atoms with E-state index in [0.29, 0.717) is 22.0 Å². The van der Waals surface area contributed by atoms with Gasteiger partial charge in [-0.15, -0.1) is 0 Å². The number of hydrogen-bond donors (Lipinski definition) is 1. The third-order valence-electron chi connectivity index (χ3n) is 3.74. The first-order chi connectivity index (χ1) is 12.1. The second-order valence-corrected chi connectivity index (χ2v) is 6.98. The van der Waals surface area contributed by atoms with Crippen molar-refractivity contribution in [1.82, 2.24) is 4.98 Å². The van der Waals surface area contributed by atoms with Crippen molar-refractivity contribution in [2.45, 2.75) is 38.7 Å². The van der Waals surface area contributed by atoms with E-state index >= 15 is 0 Å². The van der Waals surface area contributed by atoms with Crippen molar-refractivity contribution in [2.75, 3.05) is 13.7 Å². The zero-order valence-corrected chi connectivity index (χ0v) is 15.2. The zero-order chi connectivity index (χ0) is 19.5. The molecule has 0 amide bonds. The number of benzene rings is 1. The van der Waals surface area contributed by atoms with Crippen molar-refractivity contribution in [2.24, 2.45) is 0 Å². The number of rotatable bonds is 6. The van der Waals surface area contributed by atoms with E-state index in [2.05, 4.69) is 4.98 Å². The van der Waals surface area contributed by atoms with E-state index < -0.39 is 29.0 Å². The number of nitro groups is 1. The van der Waals surface area contributed by atoms with Gasteiger partial charge in [-0.25, -0.2) is 0 Å². The summed E-state index contributed by atoms with van der Waals surface area (Å²) >= 11 is 0. The summed E-state index contributed by atoms with van der Waals surface area (Å²) in [6.07, 6.45) is 1.63. The summed E-state index contributed by atoms with van der Waals surface area (Å²) in [5.74, 6) is -2.08. The number of nitrogens with one attached hydrogen (secondary N) is 1. The first-order valence-corrected chi connectivity index (χ1v) is 8.12. The van der Waals surface area contributed by atoms with E-state index in [1.54, 1.807) is 45.2 Å². The van der Waals surface area contributed by atoms with Crippen molar-refractivity contribution in [1.29, 1.82) is 0 Å². The normalized spacial score (nSPS) is 12.6. The molecule has 0 saturated heterocycles. The topological polar surface area (TPSA) is 112 Å². The fourth-order valence-corrected chi connectivity index (χ4v) is 2.72. The lowest BCUT2D eigenvalue weighted by molar-refractivity contribution is -0.481. The Kier molecular flexibility index (Phi) is 5.64. The summed E-state index contributed by atoms with van der Waals surface area (Å²) < 4.78 is 10.0. The van der Waals surface area contributed by atoms with Crippen LogP contribution in [0.2, 0.25) is 0 Å². The van der Waals surface area contributed by atoms with Crippen LogP contribution in [-0.4, -0.2) is 41.1 Å². The van der Waals surface area contributed by atoms with Gasteiger partial charge in [-0.1, -0.05) is 6.07 Å². The maximum Gasteiger partial charge on any atom is 0.319 e. The Balaban J connectivity index is 2.35.